The summed E-state index contributed by atoms with van der Waals surface area (Å²) >= 11 is 0. The van der Waals surface area contributed by atoms with Crippen LogP contribution in [0.15, 0.2) is 23.2 Å². The predicted molar refractivity (Wildman–Crippen MR) is 64.7 cm³/mol. The third kappa shape index (κ3) is 3.20. The molecule has 0 fully saturated rings. The van der Waals surface area contributed by atoms with Crippen molar-refractivity contribution in [1.29, 1.82) is 0 Å². The molecular formula is C11H17FN4. The number of anilines is 1. The number of hydrogen-bond donors (Lipinski definition) is 3. The van der Waals surface area contributed by atoms with Crippen LogP contribution in [0, 0.1) is 12.7 Å². The second-order valence-electron chi connectivity index (χ2n) is 3.77. The lowest BCUT2D eigenvalue weighted by Crippen LogP contribution is -2.37. The first-order chi connectivity index (χ1) is 7.54. The predicted octanol–water partition coefficient (Wildman–Crippen LogP) is 1.77. The molecule has 0 spiro atoms. The molecule has 0 aliphatic carbocycles. The van der Waals surface area contributed by atoms with Crippen molar-refractivity contribution in [3.8, 4) is 0 Å². The van der Waals surface area contributed by atoms with Crippen LogP contribution in [-0.4, -0.2) is 12.0 Å². The SMILES string of the molecule is Cc1cccc(F)c1NC(=NC(C)C)NN. The third-order valence-corrected chi connectivity index (χ3v) is 1.99. The molecule has 0 heterocycles. The van der Waals surface area contributed by atoms with Crippen LogP contribution in [0.3, 0.4) is 0 Å². The van der Waals surface area contributed by atoms with Crippen molar-refractivity contribution in [3.05, 3.63) is 29.6 Å². The molecule has 4 nitrogen and oxygen atoms in total. The molecule has 0 unspecified atom stereocenters. The largest absolute Gasteiger partial charge is 0.323 e. The van der Waals surface area contributed by atoms with Gasteiger partial charge in [-0.25, -0.2) is 15.2 Å². The Balaban J connectivity index is 2.94. The summed E-state index contributed by atoms with van der Waals surface area (Å²) in [5.74, 6) is 5.33. The van der Waals surface area contributed by atoms with E-state index in [2.05, 4.69) is 15.7 Å². The number of rotatable bonds is 2. The van der Waals surface area contributed by atoms with E-state index in [0.29, 0.717) is 11.6 Å². The Morgan fingerprint density at radius 1 is 1.44 bits per heavy atom. The number of para-hydroxylation sites is 1. The minimum atomic E-state index is -0.327. The summed E-state index contributed by atoms with van der Waals surface area (Å²) in [6.07, 6.45) is 0. The summed E-state index contributed by atoms with van der Waals surface area (Å²) in [5, 5.41) is 2.84. The van der Waals surface area contributed by atoms with Gasteiger partial charge in [0, 0.05) is 6.04 Å². The molecule has 5 heteroatoms. The van der Waals surface area contributed by atoms with E-state index in [1.807, 2.05) is 26.8 Å². The van der Waals surface area contributed by atoms with E-state index in [1.54, 1.807) is 6.07 Å². The maximum Gasteiger partial charge on any atom is 0.210 e. The Labute approximate surface area is 94.7 Å². The lowest BCUT2D eigenvalue weighted by Gasteiger charge is -2.13. The fourth-order valence-corrected chi connectivity index (χ4v) is 1.27. The molecule has 0 saturated carbocycles. The van der Waals surface area contributed by atoms with Gasteiger partial charge in [-0.3, -0.25) is 5.43 Å². The first-order valence-electron chi connectivity index (χ1n) is 5.11. The standard InChI is InChI=1S/C11H17FN4/c1-7(2)14-11(16-13)15-10-8(3)5-4-6-9(10)12/h4-7H,13H2,1-3H3,(H2,14,15,16). The molecule has 0 aromatic heterocycles. The molecule has 0 amide bonds. The molecular weight excluding hydrogens is 207 g/mol. The zero-order valence-electron chi connectivity index (χ0n) is 9.71. The number of nitrogens with zero attached hydrogens (tertiary/aromatic N) is 1. The van der Waals surface area contributed by atoms with E-state index in [0.717, 1.165) is 5.56 Å². The summed E-state index contributed by atoms with van der Waals surface area (Å²) in [7, 11) is 0. The number of hydrogen-bond acceptors (Lipinski definition) is 2. The minimum Gasteiger partial charge on any atom is -0.323 e. The molecule has 4 N–H and O–H groups in total. The molecule has 0 saturated heterocycles. The van der Waals surface area contributed by atoms with Crippen molar-refractivity contribution < 1.29 is 4.39 Å². The van der Waals surface area contributed by atoms with Crippen LogP contribution in [0.5, 0.6) is 0 Å². The number of aryl methyl sites for hydroxylation is 1. The molecule has 1 aromatic rings. The molecule has 0 aliphatic rings. The molecule has 0 aliphatic heterocycles. The topological polar surface area (TPSA) is 62.4 Å². The summed E-state index contributed by atoms with van der Waals surface area (Å²) in [6, 6.07) is 4.93. The van der Waals surface area contributed by atoms with Gasteiger partial charge in [-0.2, -0.15) is 0 Å². The molecule has 88 valence electrons. The summed E-state index contributed by atoms with van der Waals surface area (Å²) < 4.78 is 13.5. The van der Waals surface area contributed by atoms with Gasteiger partial charge in [-0.05, 0) is 32.4 Å². The summed E-state index contributed by atoms with van der Waals surface area (Å²) in [6.45, 7) is 5.63. The monoisotopic (exact) mass is 224 g/mol. The first-order valence-corrected chi connectivity index (χ1v) is 5.11. The van der Waals surface area contributed by atoms with Gasteiger partial charge < -0.3 is 5.32 Å². The number of hydrazine groups is 1. The molecule has 0 bridgehead atoms. The maximum atomic E-state index is 13.5. The Hall–Kier alpha value is -1.62. The second kappa shape index (κ2) is 5.46. The number of benzene rings is 1. The van der Waals surface area contributed by atoms with Gasteiger partial charge in [0.2, 0.25) is 5.96 Å². The number of nitrogens with one attached hydrogen (secondary N) is 2. The Bertz CT molecular complexity index is 367. The van der Waals surface area contributed by atoms with E-state index in [1.165, 1.54) is 6.07 Å². The second-order valence-corrected chi connectivity index (χ2v) is 3.77. The minimum absolute atomic E-state index is 0.0747. The van der Waals surface area contributed by atoms with Crippen LogP contribution in [0.25, 0.3) is 0 Å². The van der Waals surface area contributed by atoms with Gasteiger partial charge in [0.05, 0.1) is 5.69 Å². The van der Waals surface area contributed by atoms with Crippen molar-refractivity contribution >= 4 is 11.6 Å². The van der Waals surface area contributed by atoms with E-state index >= 15 is 0 Å². The average molecular weight is 224 g/mol. The van der Waals surface area contributed by atoms with Crippen molar-refractivity contribution in [2.75, 3.05) is 5.32 Å². The molecule has 1 aromatic carbocycles. The molecule has 16 heavy (non-hydrogen) atoms. The van der Waals surface area contributed by atoms with Gasteiger partial charge >= 0.3 is 0 Å². The highest BCUT2D eigenvalue weighted by Crippen LogP contribution is 2.18. The number of halogens is 1. The number of guanidine groups is 1. The van der Waals surface area contributed by atoms with Crippen LogP contribution in [-0.2, 0) is 0 Å². The van der Waals surface area contributed by atoms with Gasteiger partial charge in [-0.1, -0.05) is 12.1 Å². The van der Waals surface area contributed by atoms with E-state index in [-0.39, 0.29) is 11.9 Å². The molecule has 0 radical (unpaired) electrons. The van der Waals surface area contributed by atoms with Crippen LogP contribution >= 0.6 is 0 Å². The first kappa shape index (κ1) is 12.4. The van der Waals surface area contributed by atoms with Gasteiger partial charge in [-0.15, -0.1) is 0 Å². The zero-order chi connectivity index (χ0) is 12.1. The normalized spacial score (nSPS) is 11.8. The fourth-order valence-electron chi connectivity index (χ4n) is 1.27. The highest BCUT2D eigenvalue weighted by Gasteiger charge is 2.07. The lowest BCUT2D eigenvalue weighted by atomic mass is 10.2. The van der Waals surface area contributed by atoms with Crippen molar-refractivity contribution in [2.24, 2.45) is 10.8 Å². The lowest BCUT2D eigenvalue weighted by molar-refractivity contribution is 0.631. The average Bonchev–Trinajstić information content (AvgIpc) is 2.21. The van der Waals surface area contributed by atoms with Crippen molar-refractivity contribution in [1.82, 2.24) is 5.43 Å². The van der Waals surface area contributed by atoms with Crippen LogP contribution in [0.2, 0.25) is 0 Å². The zero-order valence-corrected chi connectivity index (χ0v) is 9.71. The van der Waals surface area contributed by atoms with Crippen molar-refractivity contribution in [3.63, 3.8) is 0 Å². The van der Waals surface area contributed by atoms with E-state index < -0.39 is 0 Å². The fraction of sp³-hybridized carbons (Fsp3) is 0.364. The van der Waals surface area contributed by atoms with Crippen LogP contribution in [0.4, 0.5) is 10.1 Å². The summed E-state index contributed by atoms with van der Waals surface area (Å²) in [4.78, 5) is 4.18. The molecule has 1 rings (SSSR count). The van der Waals surface area contributed by atoms with Gasteiger partial charge in [0.1, 0.15) is 5.82 Å². The number of aliphatic imine (C=N–C) groups is 1. The van der Waals surface area contributed by atoms with Crippen LogP contribution in [0.1, 0.15) is 19.4 Å². The van der Waals surface area contributed by atoms with Crippen molar-refractivity contribution in [2.45, 2.75) is 26.8 Å². The third-order valence-electron chi connectivity index (χ3n) is 1.99. The maximum absolute atomic E-state index is 13.5. The molecule has 0 atom stereocenters. The van der Waals surface area contributed by atoms with E-state index in [4.69, 9.17) is 5.84 Å². The van der Waals surface area contributed by atoms with Gasteiger partial charge in [0.25, 0.3) is 0 Å². The highest BCUT2D eigenvalue weighted by atomic mass is 19.1. The van der Waals surface area contributed by atoms with Gasteiger partial charge in [0.15, 0.2) is 0 Å². The Morgan fingerprint density at radius 3 is 2.62 bits per heavy atom. The quantitative estimate of drug-likeness (QED) is 0.310. The Morgan fingerprint density at radius 2 is 2.12 bits per heavy atom. The smallest absolute Gasteiger partial charge is 0.210 e. The summed E-state index contributed by atoms with van der Waals surface area (Å²) in [5.41, 5.74) is 3.60. The van der Waals surface area contributed by atoms with E-state index in [9.17, 15) is 4.39 Å². The highest BCUT2D eigenvalue weighted by molar-refractivity contribution is 5.94. The van der Waals surface area contributed by atoms with Crippen LogP contribution < -0.4 is 16.6 Å². The Kier molecular flexibility index (Phi) is 4.25. The number of nitrogens with two attached hydrogens (primary N) is 1.